The van der Waals surface area contributed by atoms with Crippen LogP contribution in [-0.4, -0.2) is 12.5 Å². The molecule has 3 aliphatic carbocycles. The van der Waals surface area contributed by atoms with E-state index in [2.05, 4.69) is 5.32 Å². The molecule has 20 heavy (non-hydrogen) atoms. The molecule has 3 saturated carbocycles. The second-order valence-electron chi connectivity index (χ2n) is 6.72. The Morgan fingerprint density at radius 3 is 2.45 bits per heavy atom. The van der Waals surface area contributed by atoms with E-state index in [1.807, 2.05) is 30.3 Å². The smallest absolute Gasteiger partial charge is 0.224 e. The SMILES string of the molecule is NCC(NC(=O)C1C2C3CCC(C3)C12)c1ccccc1. The Hall–Kier alpha value is -1.35. The van der Waals surface area contributed by atoms with Crippen LogP contribution in [0.4, 0.5) is 0 Å². The minimum absolute atomic E-state index is 0.0392. The van der Waals surface area contributed by atoms with Crippen LogP contribution in [0.3, 0.4) is 0 Å². The van der Waals surface area contributed by atoms with Crippen LogP contribution in [0.2, 0.25) is 0 Å². The van der Waals surface area contributed by atoms with Crippen LogP contribution in [0, 0.1) is 29.6 Å². The molecule has 1 amide bonds. The number of carbonyl (C=O) groups excluding carboxylic acids is 1. The third-order valence-electron chi connectivity index (χ3n) is 5.79. The number of rotatable bonds is 4. The summed E-state index contributed by atoms with van der Waals surface area (Å²) >= 11 is 0. The summed E-state index contributed by atoms with van der Waals surface area (Å²) in [5.41, 5.74) is 6.95. The molecule has 0 saturated heterocycles. The largest absolute Gasteiger partial charge is 0.348 e. The maximum Gasteiger partial charge on any atom is 0.224 e. The quantitative estimate of drug-likeness (QED) is 0.880. The summed E-state index contributed by atoms with van der Waals surface area (Å²) in [4.78, 5) is 12.5. The first-order valence-corrected chi connectivity index (χ1v) is 7.85. The summed E-state index contributed by atoms with van der Waals surface area (Å²) in [7, 11) is 0. The Morgan fingerprint density at radius 1 is 1.20 bits per heavy atom. The highest BCUT2D eigenvalue weighted by molar-refractivity contribution is 5.83. The van der Waals surface area contributed by atoms with E-state index >= 15 is 0 Å². The molecule has 1 aromatic rings. The summed E-state index contributed by atoms with van der Waals surface area (Å²) < 4.78 is 0. The molecule has 0 radical (unpaired) electrons. The van der Waals surface area contributed by atoms with E-state index in [4.69, 9.17) is 5.73 Å². The fourth-order valence-electron chi connectivity index (χ4n) is 4.91. The Bertz CT molecular complexity index is 499. The average Bonchev–Trinajstić information content (AvgIpc) is 2.94. The maximum atomic E-state index is 12.5. The van der Waals surface area contributed by atoms with Gasteiger partial charge < -0.3 is 11.1 Å². The van der Waals surface area contributed by atoms with Crippen molar-refractivity contribution in [2.45, 2.75) is 25.3 Å². The molecule has 1 aromatic carbocycles. The predicted octanol–water partition coefficient (Wildman–Crippen LogP) is 2.09. The summed E-state index contributed by atoms with van der Waals surface area (Å²) in [6.45, 7) is 0.463. The normalized spacial score (nSPS) is 38.4. The number of benzene rings is 1. The van der Waals surface area contributed by atoms with E-state index in [-0.39, 0.29) is 11.9 Å². The van der Waals surface area contributed by atoms with E-state index in [9.17, 15) is 4.79 Å². The van der Waals surface area contributed by atoms with Gasteiger partial charge in [-0.2, -0.15) is 0 Å². The van der Waals surface area contributed by atoms with Gasteiger partial charge >= 0.3 is 0 Å². The fourth-order valence-corrected chi connectivity index (χ4v) is 4.91. The second kappa shape index (κ2) is 4.59. The molecule has 3 nitrogen and oxygen atoms in total. The molecule has 2 bridgehead atoms. The molecule has 5 atom stereocenters. The minimum atomic E-state index is -0.0392. The summed E-state index contributed by atoms with van der Waals surface area (Å²) in [5, 5.41) is 3.18. The fraction of sp³-hybridized carbons (Fsp3) is 0.588. The molecule has 5 unspecified atom stereocenters. The van der Waals surface area contributed by atoms with Crippen LogP contribution in [0.1, 0.15) is 30.9 Å². The third-order valence-corrected chi connectivity index (χ3v) is 5.79. The zero-order chi connectivity index (χ0) is 13.7. The molecule has 0 aliphatic heterocycles. The highest BCUT2D eigenvalue weighted by Crippen LogP contribution is 2.69. The Morgan fingerprint density at radius 2 is 1.85 bits per heavy atom. The van der Waals surface area contributed by atoms with Gasteiger partial charge in [-0.25, -0.2) is 0 Å². The lowest BCUT2D eigenvalue weighted by Gasteiger charge is -2.18. The Labute approximate surface area is 119 Å². The van der Waals surface area contributed by atoms with Crippen LogP contribution in [0.5, 0.6) is 0 Å². The summed E-state index contributed by atoms with van der Waals surface area (Å²) in [6.07, 6.45) is 4.10. The molecule has 106 valence electrons. The monoisotopic (exact) mass is 270 g/mol. The van der Waals surface area contributed by atoms with Crippen LogP contribution in [-0.2, 0) is 4.79 Å². The van der Waals surface area contributed by atoms with Crippen molar-refractivity contribution in [1.82, 2.24) is 5.32 Å². The number of amides is 1. The van der Waals surface area contributed by atoms with Crippen molar-refractivity contribution in [2.75, 3.05) is 6.54 Å². The van der Waals surface area contributed by atoms with Gasteiger partial charge in [-0.1, -0.05) is 30.3 Å². The van der Waals surface area contributed by atoms with Crippen molar-refractivity contribution in [3.05, 3.63) is 35.9 Å². The number of hydrogen-bond acceptors (Lipinski definition) is 2. The molecule has 4 rings (SSSR count). The van der Waals surface area contributed by atoms with E-state index in [1.54, 1.807) is 0 Å². The van der Waals surface area contributed by atoms with E-state index in [0.717, 1.165) is 17.4 Å². The van der Waals surface area contributed by atoms with Crippen molar-refractivity contribution >= 4 is 5.91 Å². The highest BCUT2D eigenvalue weighted by atomic mass is 16.2. The molecule has 3 N–H and O–H groups in total. The lowest BCUT2D eigenvalue weighted by atomic mass is 10.0. The van der Waals surface area contributed by atoms with Gasteiger partial charge in [0.1, 0.15) is 0 Å². The van der Waals surface area contributed by atoms with Gasteiger partial charge in [0.2, 0.25) is 5.91 Å². The van der Waals surface area contributed by atoms with Gasteiger partial charge in [-0.05, 0) is 48.5 Å². The molecular formula is C17H22N2O. The van der Waals surface area contributed by atoms with Crippen molar-refractivity contribution in [2.24, 2.45) is 35.3 Å². The van der Waals surface area contributed by atoms with Gasteiger partial charge in [0.25, 0.3) is 0 Å². The second-order valence-corrected chi connectivity index (χ2v) is 6.72. The van der Waals surface area contributed by atoms with Crippen LogP contribution < -0.4 is 11.1 Å². The van der Waals surface area contributed by atoms with Crippen molar-refractivity contribution in [3.63, 3.8) is 0 Å². The first-order chi connectivity index (χ1) is 9.79. The lowest BCUT2D eigenvalue weighted by Crippen LogP contribution is -2.35. The number of carbonyl (C=O) groups is 1. The number of fused-ring (bicyclic) bond motifs is 5. The van der Waals surface area contributed by atoms with E-state index in [0.29, 0.717) is 24.3 Å². The summed E-state index contributed by atoms with van der Waals surface area (Å²) in [6, 6.07) is 10.0. The first-order valence-electron chi connectivity index (χ1n) is 7.85. The number of nitrogens with one attached hydrogen (secondary N) is 1. The standard InChI is InChI=1S/C17H22N2O/c18-9-13(10-4-2-1-3-5-10)19-17(20)16-14-11-6-7-12(8-11)15(14)16/h1-5,11-16H,6-9,18H2,(H,19,20). The van der Waals surface area contributed by atoms with Gasteiger partial charge in [0.05, 0.1) is 6.04 Å². The maximum absolute atomic E-state index is 12.5. The summed E-state index contributed by atoms with van der Waals surface area (Å²) in [5.74, 6) is 3.61. The minimum Gasteiger partial charge on any atom is -0.348 e. The predicted molar refractivity (Wildman–Crippen MR) is 77.7 cm³/mol. The van der Waals surface area contributed by atoms with Crippen LogP contribution in [0.25, 0.3) is 0 Å². The van der Waals surface area contributed by atoms with Gasteiger partial charge in [0, 0.05) is 12.5 Å². The zero-order valence-corrected chi connectivity index (χ0v) is 11.7. The Kier molecular flexibility index (Phi) is 2.84. The molecule has 3 aliphatic rings. The molecule has 0 spiro atoms. The van der Waals surface area contributed by atoms with Crippen molar-refractivity contribution < 1.29 is 4.79 Å². The van der Waals surface area contributed by atoms with Crippen molar-refractivity contribution in [1.29, 1.82) is 0 Å². The van der Waals surface area contributed by atoms with Gasteiger partial charge in [-0.15, -0.1) is 0 Å². The van der Waals surface area contributed by atoms with E-state index < -0.39 is 0 Å². The average molecular weight is 270 g/mol. The number of hydrogen-bond donors (Lipinski definition) is 2. The van der Waals surface area contributed by atoms with Crippen LogP contribution >= 0.6 is 0 Å². The van der Waals surface area contributed by atoms with Gasteiger partial charge in [0.15, 0.2) is 0 Å². The lowest BCUT2D eigenvalue weighted by molar-refractivity contribution is -0.124. The third kappa shape index (κ3) is 1.80. The van der Waals surface area contributed by atoms with Crippen LogP contribution in [0.15, 0.2) is 30.3 Å². The molecular weight excluding hydrogens is 248 g/mol. The molecule has 0 heterocycles. The molecule has 3 heteroatoms. The first kappa shape index (κ1) is 12.4. The van der Waals surface area contributed by atoms with E-state index in [1.165, 1.54) is 19.3 Å². The Balaban J connectivity index is 1.43. The molecule has 3 fully saturated rings. The van der Waals surface area contributed by atoms with Crippen molar-refractivity contribution in [3.8, 4) is 0 Å². The number of nitrogens with two attached hydrogens (primary N) is 1. The highest BCUT2D eigenvalue weighted by Gasteiger charge is 2.67. The topological polar surface area (TPSA) is 55.1 Å². The van der Waals surface area contributed by atoms with Gasteiger partial charge in [-0.3, -0.25) is 4.79 Å². The zero-order valence-electron chi connectivity index (χ0n) is 11.7. The molecule has 0 aromatic heterocycles.